The highest BCUT2D eigenvalue weighted by molar-refractivity contribution is 5.95. The van der Waals surface area contributed by atoms with Gasteiger partial charge in [-0.05, 0) is 43.4 Å². The molecular formula is C23H33N3O4. The summed E-state index contributed by atoms with van der Waals surface area (Å²) in [6.45, 7) is 10.5. The Morgan fingerprint density at radius 1 is 1.17 bits per heavy atom. The second-order valence-corrected chi connectivity index (χ2v) is 7.95. The van der Waals surface area contributed by atoms with Crippen LogP contribution in [-0.4, -0.2) is 36.0 Å². The van der Waals surface area contributed by atoms with E-state index in [0.29, 0.717) is 36.5 Å². The highest BCUT2D eigenvalue weighted by Gasteiger charge is 2.36. The number of urea groups is 1. The maximum Gasteiger partial charge on any atom is 0.338 e. The number of benzene rings is 1. The summed E-state index contributed by atoms with van der Waals surface area (Å²) in [5.74, 6) is -0.253. The van der Waals surface area contributed by atoms with E-state index in [2.05, 4.69) is 10.6 Å². The number of allylic oxidation sites excluding steroid dienone is 1. The molecule has 2 N–H and O–H groups in total. The van der Waals surface area contributed by atoms with Crippen LogP contribution >= 0.6 is 0 Å². The average Bonchev–Trinajstić information content (AvgIpc) is 2.69. The van der Waals surface area contributed by atoms with Crippen LogP contribution in [0.5, 0.6) is 0 Å². The largest absolute Gasteiger partial charge is 0.462 e. The van der Waals surface area contributed by atoms with E-state index in [1.54, 1.807) is 24.0 Å². The first-order valence-corrected chi connectivity index (χ1v) is 10.6. The van der Waals surface area contributed by atoms with Gasteiger partial charge in [-0.3, -0.25) is 9.69 Å². The van der Waals surface area contributed by atoms with Crippen LogP contribution in [0, 0.1) is 5.92 Å². The highest BCUT2D eigenvalue weighted by atomic mass is 16.5. The van der Waals surface area contributed by atoms with Crippen molar-refractivity contribution in [1.82, 2.24) is 10.2 Å². The Balaban J connectivity index is 2.34. The fourth-order valence-corrected chi connectivity index (χ4v) is 3.32. The Morgan fingerprint density at radius 2 is 1.83 bits per heavy atom. The fraction of sp³-hybridized carbons (Fsp3) is 0.522. The molecule has 3 amide bonds. The third kappa shape index (κ3) is 5.84. The van der Waals surface area contributed by atoms with Crippen molar-refractivity contribution in [2.24, 2.45) is 5.92 Å². The minimum atomic E-state index is -0.606. The van der Waals surface area contributed by atoms with Crippen LogP contribution in [-0.2, 0) is 14.3 Å². The van der Waals surface area contributed by atoms with E-state index in [1.165, 1.54) is 0 Å². The lowest BCUT2D eigenvalue weighted by atomic mass is 9.94. The van der Waals surface area contributed by atoms with E-state index in [9.17, 15) is 14.4 Å². The van der Waals surface area contributed by atoms with Crippen LogP contribution < -0.4 is 10.6 Å². The molecule has 1 aliphatic rings. The lowest BCUT2D eigenvalue weighted by Crippen LogP contribution is -2.48. The second kappa shape index (κ2) is 10.8. The molecular weight excluding hydrogens is 382 g/mol. The number of carbonyl (C=O) groups excluding carboxylic acids is 3. The van der Waals surface area contributed by atoms with Crippen molar-refractivity contribution >= 4 is 23.6 Å². The molecule has 0 spiro atoms. The van der Waals surface area contributed by atoms with Crippen LogP contribution in [0.2, 0.25) is 0 Å². The molecule has 0 saturated carbocycles. The standard InChI is InChI=1S/C23H33N3O4/c1-6-8-19(27)24-18-11-9-17(10-12-18)21-20(22(28)30-14-15(3)4)16(5)26(13-7-2)23(29)25-21/h9-12,15,21H,6-8,13-14H2,1-5H3,(H,24,27)(H,25,29)/t21-/m0/s1. The van der Waals surface area contributed by atoms with E-state index >= 15 is 0 Å². The lowest BCUT2D eigenvalue weighted by molar-refractivity contribution is -0.140. The molecule has 2 rings (SSSR count). The molecule has 7 nitrogen and oxygen atoms in total. The van der Waals surface area contributed by atoms with Crippen LogP contribution in [0.15, 0.2) is 35.5 Å². The number of carbonyl (C=O) groups is 3. The summed E-state index contributed by atoms with van der Waals surface area (Å²) in [5.41, 5.74) is 2.48. The Kier molecular flexibility index (Phi) is 8.45. The number of nitrogens with one attached hydrogen (secondary N) is 2. The van der Waals surface area contributed by atoms with Gasteiger partial charge in [0.15, 0.2) is 0 Å². The van der Waals surface area contributed by atoms with Gasteiger partial charge in [-0.2, -0.15) is 0 Å². The van der Waals surface area contributed by atoms with E-state index < -0.39 is 12.0 Å². The summed E-state index contributed by atoms with van der Waals surface area (Å²) in [5, 5.41) is 5.78. The molecule has 1 aromatic rings. The minimum Gasteiger partial charge on any atom is -0.462 e. The van der Waals surface area contributed by atoms with Gasteiger partial charge in [0.05, 0.1) is 18.2 Å². The van der Waals surface area contributed by atoms with Crippen molar-refractivity contribution in [1.29, 1.82) is 0 Å². The van der Waals surface area contributed by atoms with Gasteiger partial charge in [0.2, 0.25) is 5.91 Å². The first kappa shape index (κ1) is 23.4. The van der Waals surface area contributed by atoms with Crippen molar-refractivity contribution in [3.05, 3.63) is 41.1 Å². The lowest BCUT2D eigenvalue weighted by Gasteiger charge is -2.35. The van der Waals surface area contributed by atoms with Gasteiger partial charge in [0.25, 0.3) is 0 Å². The Morgan fingerprint density at radius 3 is 2.40 bits per heavy atom. The maximum atomic E-state index is 12.9. The van der Waals surface area contributed by atoms with Gasteiger partial charge in [-0.1, -0.05) is 39.8 Å². The first-order valence-electron chi connectivity index (χ1n) is 10.6. The molecule has 1 aromatic carbocycles. The third-order valence-corrected chi connectivity index (χ3v) is 4.82. The summed E-state index contributed by atoms with van der Waals surface area (Å²) in [7, 11) is 0. The quantitative estimate of drug-likeness (QED) is 0.586. The summed E-state index contributed by atoms with van der Waals surface area (Å²) < 4.78 is 5.50. The Hall–Kier alpha value is -2.83. The molecule has 0 aromatic heterocycles. The smallest absolute Gasteiger partial charge is 0.338 e. The van der Waals surface area contributed by atoms with E-state index in [-0.39, 0.29) is 17.9 Å². The summed E-state index contributed by atoms with van der Waals surface area (Å²) in [6, 6.07) is 6.33. The number of nitrogens with zero attached hydrogens (tertiary/aromatic N) is 1. The fourth-order valence-electron chi connectivity index (χ4n) is 3.32. The average molecular weight is 416 g/mol. The van der Waals surface area contributed by atoms with Gasteiger partial charge in [-0.25, -0.2) is 9.59 Å². The number of amides is 3. The molecule has 7 heteroatoms. The predicted molar refractivity (Wildman–Crippen MR) is 117 cm³/mol. The number of esters is 1. The molecule has 0 bridgehead atoms. The van der Waals surface area contributed by atoms with Gasteiger partial charge in [-0.15, -0.1) is 0 Å². The molecule has 30 heavy (non-hydrogen) atoms. The molecule has 0 aliphatic carbocycles. The first-order chi connectivity index (χ1) is 14.3. The molecule has 0 radical (unpaired) electrons. The van der Waals surface area contributed by atoms with E-state index in [4.69, 9.17) is 4.74 Å². The van der Waals surface area contributed by atoms with Crippen molar-refractivity contribution in [3.63, 3.8) is 0 Å². The minimum absolute atomic E-state index is 0.0416. The maximum absolute atomic E-state index is 12.9. The zero-order valence-corrected chi connectivity index (χ0v) is 18.6. The Bertz CT molecular complexity index is 799. The summed E-state index contributed by atoms with van der Waals surface area (Å²) in [4.78, 5) is 39.0. The molecule has 0 fully saturated rings. The van der Waals surface area contributed by atoms with Crippen molar-refractivity contribution in [2.75, 3.05) is 18.5 Å². The predicted octanol–water partition coefficient (Wildman–Crippen LogP) is 4.37. The summed E-state index contributed by atoms with van der Waals surface area (Å²) >= 11 is 0. The summed E-state index contributed by atoms with van der Waals surface area (Å²) in [6.07, 6.45) is 2.01. The van der Waals surface area contributed by atoms with Crippen LogP contribution in [0.25, 0.3) is 0 Å². The SMILES string of the molecule is CCCC(=O)Nc1ccc([C@@H]2NC(=O)N(CCC)C(C)=C2C(=O)OCC(C)C)cc1. The number of hydrogen-bond acceptors (Lipinski definition) is 4. The van der Waals surface area contributed by atoms with Crippen LogP contribution in [0.3, 0.4) is 0 Å². The van der Waals surface area contributed by atoms with Gasteiger partial charge >= 0.3 is 12.0 Å². The number of ether oxygens (including phenoxy) is 1. The Labute approximate surface area is 178 Å². The van der Waals surface area contributed by atoms with Crippen molar-refractivity contribution < 1.29 is 19.1 Å². The highest BCUT2D eigenvalue weighted by Crippen LogP contribution is 2.32. The molecule has 1 atom stereocenters. The molecule has 0 unspecified atom stereocenters. The van der Waals surface area contributed by atoms with Crippen molar-refractivity contribution in [2.45, 2.75) is 59.9 Å². The van der Waals surface area contributed by atoms with E-state index in [0.717, 1.165) is 18.4 Å². The third-order valence-electron chi connectivity index (χ3n) is 4.82. The van der Waals surface area contributed by atoms with Crippen molar-refractivity contribution in [3.8, 4) is 0 Å². The van der Waals surface area contributed by atoms with Gasteiger partial charge in [0, 0.05) is 24.4 Å². The normalized spacial score (nSPS) is 16.5. The zero-order chi connectivity index (χ0) is 22.3. The van der Waals surface area contributed by atoms with Crippen LogP contribution in [0.1, 0.15) is 65.5 Å². The number of hydrogen-bond donors (Lipinski definition) is 2. The number of rotatable bonds is 9. The topological polar surface area (TPSA) is 87.7 Å². The molecule has 1 heterocycles. The molecule has 164 valence electrons. The second-order valence-electron chi connectivity index (χ2n) is 7.95. The van der Waals surface area contributed by atoms with E-state index in [1.807, 2.05) is 39.8 Å². The zero-order valence-electron chi connectivity index (χ0n) is 18.6. The molecule has 0 saturated heterocycles. The van der Waals surface area contributed by atoms with Gasteiger partial charge < -0.3 is 15.4 Å². The van der Waals surface area contributed by atoms with Crippen LogP contribution in [0.4, 0.5) is 10.5 Å². The number of anilines is 1. The molecule has 1 aliphatic heterocycles. The van der Waals surface area contributed by atoms with Gasteiger partial charge in [0.1, 0.15) is 0 Å². The monoisotopic (exact) mass is 415 g/mol.